The Morgan fingerprint density at radius 1 is 1.08 bits per heavy atom. The summed E-state index contributed by atoms with van der Waals surface area (Å²) in [7, 11) is 0. The largest absolute Gasteiger partial charge is 0.330 e. The van der Waals surface area contributed by atoms with Crippen LogP contribution in [-0.4, -0.2) is 33.3 Å². The van der Waals surface area contributed by atoms with Crippen molar-refractivity contribution in [1.82, 2.24) is 14.5 Å². The molecule has 1 aliphatic heterocycles. The van der Waals surface area contributed by atoms with Crippen molar-refractivity contribution in [2.45, 2.75) is 57.5 Å². The fraction of sp³-hybridized carbons (Fsp3) is 0.545. The maximum Gasteiger partial charge on any atom is 0.141 e. The van der Waals surface area contributed by atoms with Crippen molar-refractivity contribution in [3.8, 4) is 0 Å². The Balaban J connectivity index is 1.37. The average Bonchev–Trinajstić information content (AvgIpc) is 3.34. The van der Waals surface area contributed by atoms with Gasteiger partial charge in [-0.25, -0.2) is 4.98 Å². The molecule has 0 amide bonds. The van der Waals surface area contributed by atoms with Crippen LogP contribution in [0.5, 0.6) is 0 Å². The van der Waals surface area contributed by atoms with Crippen molar-refractivity contribution in [3.05, 3.63) is 54.1 Å². The van der Waals surface area contributed by atoms with Crippen LogP contribution in [0.2, 0.25) is 0 Å². The Labute approximate surface area is 156 Å². The second kappa shape index (κ2) is 8.17. The van der Waals surface area contributed by atoms with E-state index in [1.54, 1.807) is 0 Å². The third-order valence-corrected chi connectivity index (χ3v) is 6.03. The highest BCUT2D eigenvalue weighted by atomic mass is 16.1. The molecule has 2 heterocycles. The average molecular weight is 351 g/mol. The normalized spacial score (nSPS) is 21.9. The smallest absolute Gasteiger partial charge is 0.141 e. The molecule has 4 rings (SSSR count). The van der Waals surface area contributed by atoms with Gasteiger partial charge >= 0.3 is 0 Å². The zero-order valence-corrected chi connectivity index (χ0v) is 15.5. The highest BCUT2D eigenvalue weighted by Gasteiger charge is 2.27. The van der Waals surface area contributed by atoms with Gasteiger partial charge in [-0.1, -0.05) is 43.2 Å². The fourth-order valence-electron chi connectivity index (χ4n) is 4.60. The Kier molecular flexibility index (Phi) is 5.49. The molecule has 1 atom stereocenters. The molecular weight excluding hydrogens is 322 g/mol. The van der Waals surface area contributed by atoms with Gasteiger partial charge in [0.1, 0.15) is 5.78 Å². The quantitative estimate of drug-likeness (QED) is 0.789. The van der Waals surface area contributed by atoms with E-state index in [4.69, 9.17) is 0 Å². The molecule has 0 spiro atoms. The summed E-state index contributed by atoms with van der Waals surface area (Å²) in [6, 6.07) is 10.8. The topological polar surface area (TPSA) is 38.1 Å². The number of ketones is 1. The van der Waals surface area contributed by atoms with Gasteiger partial charge in [-0.3, -0.25) is 9.69 Å². The van der Waals surface area contributed by atoms with Gasteiger partial charge in [0.05, 0.1) is 12.0 Å². The highest BCUT2D eigenvalue weighted by molar-refractivity contribution is 5.83. The standard InChI is InChI=1S/C22H29N3O/c26-22(13-18-7-2-1-3-8-18)19-9-6-12-24(15-19)16-21-14-23-17-25(21)20-10-4-5-11-20/h1-3,7-8,14,17,19-20H,4-6,9-13,15-16H2/t19-/m1/s1. The molecule has 4 nitrogen and oxygen atoms in total. The monoisotopic (exact) mass is 351 g/mol. The van der Waals surface area contributed by atoms with E-state index in [2.05, 4.69) is 26.6 Å². The van der Waals surface area contributed by atoms with E-state index in [9.17, 15) is 4.79 Å². The summed E-state index contributed by atoms with van der Waals surface area (Å²) in [6.45, 7) is 2.90. The molecule has 2 aromatic rings. The molecule has 0 N–H and O–H groups in total. The molecule has 138 valence electrons. The maximum atomic E-state index is 12.7. The van der Waals surface area contributed by atoms with E-state index in [0.717, 1.165) is 38.0 Å². The van der Waals surface area contributed by atoms with Crippen LogP contribution in [0, 0.1) is 5.92 Å². The summed E-state index contributed by atoms with van der Waals surface area (Å²) >= 11 is 0. The van der Waals surface area contributed by atoms with Crippen molar-refractivity contribution in [1.29, 1.82) is 0 Å². The number of benzene rings is 1. The van der Waals surface area contributed by atoms with Crippen molar-refractivity contribution in [3.63, 3.8) is 0 Å². The molecule has 2 fully saturated rings. The number of nitrogens with zero attached hydrogens (tertiary/aromatic N) is 3. The first-order valence-electron chi connectivity index (χ1n) is 10.1. The van der Waals surface area contributed by atoms with Crippen LogP contribution in [0.15, 0.2) is 42.9 Å². The first-order valence-corrected chi connectivity index (χ1v) is 10.1. The minimum absolute atomic E-state index is 0.173. The number of likely N-dealkylation sites (tertiary alicyclic amines) is 1. The summed E-state index contributed by atoms with van der Waals surface area (Å²) in [5, 5.41) is 0. The summed E-state index contributed by atoms with van der Waals surface area (Å²) in [6.07, 6.45) is 12.0. The van der Waals surface area contributed by atoms with Gasteiger partial charge in [0, 0.05) is 37.7 Å². The van der Waals surface area contributed by atoms with Crippen LogP contribution in [0.3, 0.4) is 0 Å². The number of hydrogen-bond donors (Lipinski definition) is 0. The fourth-order valence-corrected chi connectivity index (χ4v) is 4.60. The molecule has 2 aliphatic rings. The summed E-state index contributed by atoms with van der Waals surface area (Å²) in [4.78, 5) is 19.6. The van der Waals surface area contributed by atoms with E-state index in [0.29, 0.717) is 18.2 Å². The maximum absolute atomic E-state index is 12.7. The predicted octanol–water partition coefficient (Wildman–Crippen LogP) is 4.02. The molecule has 1 saturated heterocycles. The van der Waals surface area contributed by atoms with Gasteiger partial charge in [-0.2, -0.15) is 0 Å². The molecule has 1 aromatic heterocycles. The molecule has 0 bridgehead atoms. The molecule has 26 heavy (non-hydrogen) atoms. The summed E-state index contributed by atoms with van der Waals surface area (Å²) < 4.78 is 2.39. The second-order valence-electron chi connectivity index (χ2n) is 7.93. The molecular formula is C22H29N3O. The van der Waals surface area contributed by atoms with Crippen LogP contribution in [-0.2, 0) is 17.8 Å². The van der Waals surface area contributed by atoms with Crippen molar-refractivity contribution in [2.75, 3.05) is 13.1 Å². The van der Waals surface area contributed by atoms with E-state index in [1.165, 1.54) is 31.4 Å². The minimum Gasteiger partial charge on any atom is -0.330 e. The molecule has 0 radical (unpaired) electrons. The Bertz CT molecular complexity index is 718. The lowest BCUT2D eigenvalue weighted by atomic mass is 9.90. The van der Waals surface area contributed by atoms with Crippen molar-refractivity contribution in [2.24, 2.45) is 5.92 Å². The van der Waals surface area contributed by atoms with Crippen molar-refractivity contribution < 1.29 is 4.79 Å². The zero-order chi connectivity index (χ0) is 17.8. The summed E-state index contributed by atoms with van der Waals surface area (Å²) in [5.74, 6) is 0.567. The van der Waals surface area contributed by atoms with E-state index in [1.807, 2.05) is 30.7 Å². The van der Waals surface area contributed by atoms with Gasteiger partial charge in [-0.05, 0) is 37.8 Å². The van der Waals surface area contributed by atoms with Crippen LogP contribution in [0.4, 0.5) is 0 Å². The number of carbonyl (C=O) groups excluding carboxylic acids is 1. The van der Waals surface area contributed by atoms with Crippen LogP contribution in [0.25, 0.3) is 0 Å². The van der Waals surface area contributed by atoms with Gasteiger partial charge in [0.15, 0.2) is 0 Å². The lowest BCUT2D eigenvalue weighted by molar-refractivity contribution is -0.124. The third kappa shape index (κ3) is 4.07. The molecule has 1 aliphatic carbocycles. The van der Waals surface area contributed by atoms with E-state index in [-0.39, 0.29) is 5.92 Å². The molecule has 0 unspecified atom stereocenters. The first-order chi connectivity index (χ1) is 12.8. The summed E-state index contributed by atoms with van der Waals surface area (Å²) in [5.41, 5.74) is 2.45. The van der Waals surface area contributed by atoms with Crippen molar-refractivity contribution >= 4 is 5.78 Å². The number of rotatable bonds is 6. The number of Topliss-reactive ketones (excluding diaryl/α,β-unsaturated/α-hetero) is 1. The van der Waals surface area contributed by atoms with E-state index < -0.39 is 0 Å². The third-order valence-electron chi connectivity index (χ3n) is 6.03. The lowest BCUT2D eigenvalue weighted by Crippen LogP contribution is -2.39. The first kappa shape index (κ1) is 17.5. The number of carbonyl (C=O) groups is 1. The van der Waals surface area contributed by atoms with Gasteiger partial charge in [-0.15, -0.1) is 0 Å². The number of piperidine rings is 1. The lowest BCUT2D eigenvalue weighted by Gasteiger charge is -2.32. The number of aromatic nitrogens is 2. The second-order valence-corrected chi connectivity index (χ2v) is 7.93. The van der Waals surface area contributed by atoms with Crippen LogP contribution in [0.1, 0.15) is 55.8 Å². The molecule has 1 aromatic carbocycles. The Morgan fingerprint density at radius 2 is 1.88 bits per heavy atom. The Morgan fingerprint density at radius 3 is 2.69 bits per heavy atom. The van der Waals surface area contributed by atoms with E-state index >= 15 is 0 Å². The Hall–Kier alpha value is -1.94. The van der Waals surface area contributed by atoms with Gasteiger partial charge in [0.2, 0.25) is 0 Å². The predicted molar refractivity (Wildman–Crippen MR) is 103 cm³/mol. The van der Waals surface area contributed by atoms with Gasteiger partial charge in [0.25, 0.3) is 0 Å². The number of hydrogen-bond acceptors (Lipinski definition) is 3. The van der Waals surface area contributed by atoms with Gasteiger partial charge < -0.3 is 4.57 Å². The minimum atomic E-state index is 0.173. The molecule has 1 saturated carbocycles. The molecule has 4 heteroatoms. The number of imidazole rings is 1. The zero-order valence-electron chi connectivity index (χ0n) is 15.5. The SMILES string of the molecule is O=C(Cc1ccccc1)[C@@H]1CCCN(Cc2cncn2C2CCCC2)C1. The highest BCUT2D eigenvalue weighted by Crippen LogP contribution is 2.31. The van der Waals surface area contributed by atoms with Crippen LogP contribution < -0.4 is 0 Å². The van der Waals surface area contributed by atoms with Crippen LogP contribution >= 0.6 is 0 Å².